The molecule has 21 heavy (non-hydrogen) atoms. The molecule has 0 heterocycles. The molecule has 1 fully saturated rings. The van der Waals surface area contributed by atoms with Crippen molar-refractivity contribution in [2.24, 2.45) is 0 Å². The lowest BCUT2D eigenvalue weighted by Crippen LogP contribution is -2.60. The van der Waals surface area contributed by atoms with Crippen molar-refractivity contribution in [1.29, 1.82) is 0 Å². The van der Waals surface area contributed by atoms with Gasteiger partial charge in [0.1, 0.15) is 5.54 Å². The van der Waals surface area contributed by atoms with Gasteiger partial charge in [-0.05, 0) is 26.7 Å². The minimum Gasteiger partial charge on any atom is -0.468 e. The standard InChI is InChI=1S/C15H30N2O4/c1-12(10-20-4)17(8-9-19-3)11-15(2,14(18)21-5)16-13-6-7-13/h12-13,16H,6-11H2,1-5H3. The van der Waals surface area contributed by atoms with Gasteiger partial charge in [-0.1, -0.05) is 0 Å². The Kier molecular flexibility index (Phi) is 7.59. The number of nitrogens with one attached hydrogen (secondary N) is 1. The van der Waals surface area contributed by atoms with Gasteiger partial charge in [0.25, 0.3) is 0 Å². The summed E-state index contributed by atoms with van der Waals surface area (Å²) in [5.74, 6) is -0.221. The van der Waals surface area contributed by atoms with Gasteiger partial charge in [-0.2, -0.15) is 0 Å². The fourth-order valence-electron chi connectivity index (χ4n) is 2.49. The molecule has 1 N–H and O–H groups in total. The van der Waals surface area contributed by atoms with Gasteiger partial charge in [-0.15, -0.1) is 0 Å². The Hall–Kier alpha value is -0.690. The molecule has 1 saturated carbocycles. The van der Waals surface area contributed by atoms with Gasteiger partial charge in [0.15, 0.2) is 0 Å². The van der Waals surface area contributed by atoms with Crippen molar-refractivity contribution in [2.75, 3.05) is 47.6 Å². The zero-order chi connectivity index (χ0) is 15.9. The summed E-state index contributed by atoms with van der Waals surface area (Å²) in [4.78, 5) is 14.4. The van der Waals surface area contributed by atoms with E-state index in [-0.39, 0.29) is 12.0 Å². The Bertz CT molecular complexity index is 323. The number of nitrogens with zero attached hydrogens (tertiary/aromatic N) is 1. The second-order valence-electron chi connectivity index (χ2n) is 6.01. The lowest BCUT2D eigenvalue weighted by molar-refractivity contribution is -0.149. The molecule has 0 bridgehead atoms. The fraction of sp³-hybridized carbons (Fsp3) is 0.933. The molecule has 0 aromatic rings. The zero-order valence-corrected chi connectivity index (χ0v) is 14.0. The second-order valence-corrected chi connectivity index (χ2v) is 6.01. The molecule has 0 radical (unpaired) electrons. The van der Waals surface area contributed by atoms with Crippen molar-refractivity contribution >= 4 is 5.97 Å². The van der Waals surface area contributed by atoms with E-state index in [9.17, 15) is 4.79 Å². The van der Waals surface area contributed by atoms with Crippen LogP contribution in [0.1, 0.15) is 26.7 Å². The molecule has 1 rings (SSSR count). The summed E-state index contributed by atoms with van der Waals surface area (Å²) in [6.07, 6.45) is 2.25. The van der Waals surface area contributed by atoms with E-state index in [2.05, 4.69) is 17.1 Å². The molecular weight excluding hydrogens is 272 g/mol. The molecule has 0 aliphatic heterocycles. The Balaban J connectivity index is 2.75. The van der Waals surface area contributed by atoms with Crippen LogP contribution in [-0.4, -0.2) is 76.1 Å². The Morgan fingerprint density at radius 3 is 2.48 bits per heavy atom. The summed E-state index contributed by atoms with van der Waals surface area (Å²) in [5.41, 5.74) is -0.703. The van der Waals surface area contributed by atoms with Crippen LogP contribution in [0, 0.1) is 0 Å². The van der Waals surface area contributed by atoms with Gasteiger partial charge in [-0.3, -0.25) is 15.0 Å². The number of hydrogen-bond donors (Lipinski definition) is 1. The Labute approximate surface area is 128 Å². The molecule has 0 saturated heterocycles. The summed E-state index contributed by atoms with van der Waals surface area (Å²) < 4.78 is 15.4. The van der Waals surface area contributed by atoms with Gasteiger partial charge >= 0.3 is 5.97 Å². The monoisotopic (exact) mass is 302 g/mol. The van der Waals surface area contributed by atoms with Crippen LogP contribution >= 0.6 is 0 Å². The first-order valence-electron chi connectivity index (χ1n) is 7.55. The highest BCUT2D eigenvalue weighted by molar-refractivity contribution is 5.80. The van der Waals surface area contributed by atoms with E-state index >= 15 is 0 Å². The lowest BCUT2D eigenvalue weighted by Gasteiger charge is -2.37. The van der Waals surface area contributed by atoms with Gasteiger partial charge < -0.3 is 14.2 Å². The number of methoxy groups -OCH3 is 3. The van der Waals surface area contributed by atoms with Gasteiger partial charge in [0.05, 0.1) is 20.3 Å². The van der Waals surface area contributed by atoms with Crippen LogP contribution in [0.2, 0.25) is 0 Å². The molecule has 1 aliphatic carbocycles. The minimum absolute atomic E-state index is 0.204. The van der Waals surface area contributed by atoms with E-state index in [0.29, 0.717) is 25.8 Å². The topological polar surface area (TPSA) is 60.0 Å². The van der Waals surface area contributed by atoms with E-state index in [4.69, 9.17) is 14.2 Å². The largest absolute Gasteiger partial charge is 0.468 e. The molecule has 0 amide bonds. The number of hydrogen-bond acceptors (Lipinski definition) is 6. The van der Waals surface area contributed by atoms with Crippen molar-refractivity contribution < 1.29 is 19.0 Å². The molecule has 6 nitrogen and oxygen atoms in total. The number of esters is 1. The highest BCUT2D eigenvalue weighted by Crippen LogP contribution is 2.24. The number of carbonyl (C=O) groups excluding carboxylic acids is 1. The van der Waals surface area contributed by atoms with Gasteiger partial charge in [0.2, 0.25) is 0 Å². The zero-order valence-electron chi connectivity index (χ0n) is 14.0. The van der Waals surface area contributed by atoms with Crippen LogP contribution in [0.3, 0.4) is 0 Å². The molecule has 1 aliphatic rings. The smallest absolute Gasteiger partial charge is 0.327 e. The van der Waals surface area contributed by atoms with E-state index in [1.165, 1.54) is 7.11 Å². The Morgan fingerprint density at radius 2 is 2.00 bits per heavy atom. The number of rotatable bonds is 11. The quantitative estimate of drug-likeness (QED) is 0.566. The van der Waals surface area contributed by atoms with Crippen molar-refractivity contribution in [3.63, 3.8) is 0 Å². The Morgan fingerprint density at radius 1 is 1.33 bits per heavy atom. The van der Waals surface area contributed by atoms with Crippen LogP contribution < -0.4 is 5.32 Å². The molecule has 2 atom stereocenters. The van der Waals surface area contributed by atoms with Crippen LogP contribution in [0.5, 0.6) is 0 Å². The first-order valence-corrected chi connectivity index (χ1v) is 7.55. The molecule has 6 heteroatoms. The SMILES string of the molecule is COCCN(CC(C)(NC1CC1)C(=O)OC)C(C)COC. The van der Waals surface area contributed by atoms with Crippen molar-refractivity contribution in [1.82, 2.24) is 10.2 Å². The third kappa shape index (κ3) is 5.90. The van der Waals surface area contributed by atoms with E-state index in [1.54, 1.807) is 14.2 Å². The summed E-state index contributed by atoms with van der Waals surface area (Å²) in [5, 5.41) is 3.42. The number of carbonyl (C=O) groups is 1. The predicted octanol–water partition coefficient (Wildman–Crippen LogP) is 0.653. The summed E-state index contributed by atoms with van der Waals surface area (Å²) in [6, 6.07) is 0.631. The molecule has 2 unspecified atom stereocenters. The van der Waals surface area contributed by atoms with Gasteiger partial charge in [-0.25, -0.2) is 0 Å². The van der Waals surface area contributed by atoms with Gasteiger partial charge in [0, 0.05) is 39.4 Å². The third-order valence-corrected chi connectivity index (χ3v) is 3.87. The summed E-state index contributed by atoms with van der Waals surface area (Å²) >= 11 is 0. The van der Waals surface area contributed by atoms with E-state index in [1.807, 2.05) is 6.92 Å². The van der Waals surface area contributed by atoms with Crippen molar-refractivity contribution in [3.05, 3.63) is 0 Å². The van der Waals surface area contributed by atoms with E-state index in [0.717, 1.165) is 19.4 Å². The first kappa shape index (κ1) is 18.4. The van der Waals surface area contributed by atoms with Crippen LogP contribution in [0.15, 0.2) is 0 Å². The van der Waals surface area contributed by atoms with E-state index < -0.39 is 5.54 Å². The lowest BCUT2D eigenvalue weighted by atomic mass is 10.0. The average molecular weight is 302 g/mol. The maximum Gasteiger partial charge on any atom is 0.327 e. The third-order valence-electron chi connectivity index (χ3n) is 3.87. The average Bonchev–Trinajstić information content (AvgIpc) is 3.26. The molecular formula is C15H30N2O4. The number of ether oxygens (including phenoxy) is 3. The van der Waals surface area contributed by atoms with Crippen molar-refractivity contribution in [3.8, 4) is 0 Å². The molecule has 124 valence electrons. The maximum atomic E-state index is 12.2. The first-order chi connectivity index (χ1) is 9.96. The predicted molar refractivity (Wildman–Crippen MR) is 81.4 cm³/mol. The van der Waals surface area contributed by atoms with Crippen molar-refractivity contribution in [2.45, 2.75) is 44.3 Å². The van der Waals surface area contributed by atoms with Crippen LogP contribution in [-0.2, 0) is 19.0 Å². The minimum atomic E-state index is -0.703. The van der Waals surface area contributed by atoms with Crippen LogP contribution in [0.25, 0.3) is 0 Å². The maximum absolute atomic E-state index is 12.2. The normalized spacial score (nSPS) is 19.3. The summed E-state index contributed by atoms with van der Waals surface area (Å²) in [6.45, 7) is 6.56. The molecule has 0 aromatic carbocycles. The van der Waals surface area contributed by atoms with Crippen LogP contribution in [0.4, 0.5) is 0 Å². The molecule has 0 aromatic heterocycles. The highest BCUT2D eigenvalue weighted by atomic mass is 16.5. The summed E-state index contributed by atoms with van der Waals surface area (Å²) in [7, 11) is 4.81. The fourth-order valence-corrected chi connectivity index (χ4v) is 2.49. The molecule has 0 spiro atoms. The highest BCUT2D eigenvalue weighted by Gasteiger charge is 2.41. The second kappa shape index (κ2) is 8.68.